The van der Waals surface area contributed by atoms with Gasteiger partial charge in [-0.1, -0.05) is 30.3 Å². The first-order valence-corrected chi connectivity index (χ1v) is 12.0. The van der Waals surface area contributed by atoms with Gasteiger partial charge < -0.3 is 4.74 Å². The molecule has 0 N–H and O–H groups in total. The van der Waals surface area contributed by atoms with Crippen molar-refractivity contribution in [1.82, 2.24) is 9.29 Å². The Kier molecular flexibility index (Phi) is 6.32. The topological polar surface area (TPSA) is 59.5 Å². The molecule has 12 heteroatoms. The van der Waals surface area contributed by atoms with Crippen molar-refractivity contribution in [2.24, 2.45) is 0 Å². The minimum absolute atomic E-state index is 0.109. The van der Waals surface area contributed by atoms with Gasteiger partial charge in [0.25, 0.3) is 0 Å². The minimum atomic E-state index is -5.19. The Morgan fingerprint density at radius 1 is 0.917 bits per heavy atom. The minimum Gasteiger partial charge on any atom is -0.475 e. The van der Waals surface area contributed by atoms with Gasteiger partial charge in [0, 0.05) is 18.3 Å². The maximum atomic E-state index is 13.7. The average molecular weight is 530 g/mol. The van der Waals surface area contributed by atoms with E-state index < -0.39 is 43.9 Å². The van der Waals surface area contributed by atoms with E-state index in [4.69, 9.17) is 4.74 Å². The van der Waals surface area contributed by atoms with Crippen LogP contribution in [0.3, 0.4) is 0 Å². The molecule has 3 aromatic rings. The molecule has 0 saturated heterocycles. The molecule has 36 heavy (non-hydrogen) atoms. The Morgan fingerprint density at radius 2 is 1.50 bits per heavy atom. The molecule has 1 aliphatic rings. The SMILES string of the molecule is CC1(C)COc2nccc(-c3ccccc3)c2CN1S(=O)(=O)c1cc(C(F)(F)F)cc(C(F)(F)F)c1. The molecule has 1 aromatic heterocycles. The van der Waals surface area contributed by atoms with Crippen LogP contribution in [0.5, 0.6) is 5.88 Å². The van der Waals surface area contributed by atoms with Gasteiger partial charge in [-0.15, -0.1) is 0 Å². The number of fused-ring (bicyclic) bond motifs is 1. The largest absolute Gasteiger partial charge is 0.475 e. The van der Waals surface area contributed by atoms with E-state index in [1.165, 1.54) is 20.0 Å². The maximum absolute atomic E-state index is 13.7. The third-order valence-corrected chi connectivity index (χ3v) is 7.82. The van der Waals surface area contributed by atoms with Crippen molar-refractivity contribution < 1.29 is 39.5 Å². The Hall–Kier alpha value is -3.12. The van der Waals surface area contributed by atoms with Crippen molar-refractivity contribution in [3.8, 4) is 17.0 Å². The fraction of sp³-hybridized carbons (Fsp3) is 0.292. The van der Waals surface area contributed by atoms with E-state index in [1.807, 2.05) is 0 Å². The predicted octanol–water partition coefficient (Wildman–Crippen LogP) is 6.15. The van der Waals surface area contributed by atoms with Crippen LogP contribution in [-0.4, -0.2) is 29.9 Å². The number of halogens is 6. The van der Waals surface area contributed by atoms with Crippen LogP contribution in [0.15, 0.2) is 65.7 Å². The Morgan fingerprint density at radius 3 is 2.06 bits per heavy atom. The van der Waals surface area contributed by atoms with Crippen molar-refractivity contribution in [3.63, 3.8) is 0 Å². The zero-order chi connectivity index (χ0) is 26.5. The number of rotatable bonds is 3. The maximum Gasteiger partial charge on any atom is 0.416 e. The standard InChI is InChI=1S/C24H20F6N2O3S/c1-22(2)14-35-21-20(19(8-9-31-21)15-6-4-3-5-7-15)13-32(22)36(33,34)18-11-16(23(25,26)27)10-17(12-18)24(28,29)30/h3-12H,13-14H2,1-2H3. The van der Waals surface area contributed by atoms with Gasteiger partial charge in [0.05, 0.1) is 21.6 Å². The summed E-state index contributed by atoms with van der Waals surface area (Å²) in [6, 6.07) is 10.8. The Balaban J connectivity index is 1.90. The van der Waals surface area contributed by atoms with E-state index >= 15 is 0 Å². The van der Waals surface area contributed by atoms with E-state index in [-0.39, 0.29) is 37.2 Å². The molecule has 4 rings (SSSR count). The molecule has 192 valence electrons. The van der Waals surface area contributed by atoms with E-state index in [0.717, 1.165) is 4.31 Å². The molecule has 0 spiro atoms. The molecule has 5 nitrogen and oxygen atoms in total. The molecule has 0 unspecified atom stereocenters. The summed E-state index contributed by atoms with van der Waals surface area (Å²) in [6.07, 6.45) is -8.92. The molecule has 0 radical (unpaired) electrons. The molecule has 0 fully saturated rings. The second kappa shape index (κ2) is 8.77. The van der Waals surface area contributed by atoms with Gasteiger partial charge in [-0.25, -0.2) is 13.4 Å². The van der Waals surface area contributed by atoms with Gasteiger partial charge in [-0.3, -0.25) is 0 Å². The van der Waals surface area contributed by atoms with E-state index in [2.05, 4.69) is 4.98 Å². The number of benzene rings is 2. The molecule has 0 aliphatic carbocycles. The van der Waals surface area contributed by atoms with Crippen LogP contribution in [0.2, 0.25) is 0 Å². The lowest BCUT2D eigenvalue weighted by molar-refractivity contribution is -0.143. The van der Waals surface area contributed by atoms with E-state index in [1.54, 1.807) is 36.4 Å². The number of hydrogen-bond acceptors (Lipinski definition) is 4. The van der Waals surface area contributed by atoms with Crippen molar-refractivity contribution in [3.05, 3.63) is 77.5 Å². The van der Waals surface area contributed by atoms with Gasteiger partial charge in [0.15, 0.2) is 0 Å². The fourth-order valence-electron chi connectivity index (χ4n) is 3.93. The number of aromatic nitrogens is 1. The van der Waals surface area contributed by atoms with Gasteiger partial charge in [-0.05, 0) is 49.2 Å². The Bertz CT molecular complexity index is 1350. The highest BCUT2D eigenvalue weighted by molar-refractivity contribution is 7.89. The van der Waals surface area contributed by atoms with Crippen molar-refractivity contribution in [2.45, 2.75) is 43.2 Å². The second-order valence-electron chi connectivity index (χ2n) is 8.86. The third-order valence-electron chi connectivity index (χ3n) is 5.79. The molecule has 2 heterocycles. The van der Waals surface area contributed by atoms with Gasteiger partial charge >= 0.3 is 12.4 Å². The van der Waals surface area contributed by atoms with Gasteiger partial charge in [0.1, 0.15) is 6.61 Å². The monoisotopic (exact) mass is 530 g/mol. The molecular formula is C24H20F6N2O3S. The number of hydrogen-bond donors (Lipinski definition) is 0. The molecule has 0 atom stereocenters. The summed E-state index contributed by atoms with van der Waals surface area (Å²) in [5, 5.41) is 0. The number of nitrogens with zero attached hydrogens (tertiary/aromatic N) is 2. The highest BCUT2D eigenvalue weighted by Gasteiger charge is 2.44. The summed E-state index contributed by atoms with van der Waals surface area (Å²) in [6.45, 7) is 2.31. The highest BCUT2D eigenvalue weighted by atomic mass is 32.2. The summed E-state index contributed by atoms with van der Waals surface area (Å²) in [7, 11) is -4.87. The molecular weight excluding hydrogens is 510 g/mol. The first-order chi connectivity index (χ1) is 16.6. The predicted molar refractivity (Wildman–Crippen MR) is 118 cm³/mol. The van der Waals surface area contributed by atoms with Crippen LogP contribution >= 0.6 is 0 Å². The summed E-state index contributed by atoms with van der Waals surface area (Å²) in [4.78, 5) is 3.05. The van der Waals surface area contributed by atoms with Gasteiger partial charge in [0.2, 0.25) is 15.9 Å². The molecule has 1 aliphatic heterocycles. The number of alkyl halides is 6. The number of ether oxygens (including phenoxy) is 1. The van der Waals surface area contributed by atoms with Crippen LogP contribution in [0, 0.1) is 0 Å². The molecule has 0 bridgehead atoms. The summed E-state index contributed by atoms with van der Waals surface area (Å²) < 4.78 is 114. The van der Waals surface area contributed by atoms with Gasteiger partial charge in [-0.2, -0.15) is 30.6 Å². The van der Waals surface area contributed by atoms with Crippen molar-refractivity contribution in [2.75, 3.05) is 6.61 Å². The van der Waals surface area contributed by atoms with Crippen LogP contribution in [0.25, 0.3) is 11.1 Å². The summed E-state index contributed by atoms with van der Waals surface area (Å²) in [5.41, 5.74) is -3.17. The normalized spacial score (nSPS) is 16.7. The molecule has 0 saturated carbocycles. The Labute approximate surface area is 203 Å². The second-order valence-corrected chi connectivity index (χ2v) is 10.7. The lowest BCUT2D eigenvalue weighted by atomic mass is 10.0. The van der Waals surface area contributed by atoms with E-state index in [0.29, 0.717) is 16.7 Å². The first kappa shape index (κ1) is 26.0. The van der Waals surface area contributed by atoms with Crippen LogP contribution in [0.1, 0.15) is 30.5 Å². The molecule has 2 aromatic carbocycles. The summed E-state index contributed by atoms with van der Waals surface area (Å²) >= 11 is 0. The lowest BCUT2D eigenvalue weighted by Gasteiger charge is -2.35. The third kappa shape index (κ3) is 4.92. The van der Waals surface area contributed by atoms with Crippen molar-refractivity contribution in [1.29, 1.82) is 0 Å². The molecule has 0 amide bonds. The van der Waals surface area contributed by atoms with E-state index in [9.17, 15) is 34.8 Å². The quantitative estimate of drug-likeness (QED) is 0.382. The van der Waals surface area contributed by atoms with Crippen LogP contribution in [-0.2, 0) is 28.9 Å². The van der Waals surface area contributed by atoms with Crippen LogP contribution < -0.4 is 4.74 Å². The first-order valence-electron chi connectivity index (χ1n) is 10.6. The van der Waals surface area contributed by atoms with Crippen LogP contribution in [0.4, 0.5) is 26.3 Å². The fourth-order valence-corrected chi connectivity index (χ4v) is 5.73. The zero-order valence-corrected chi connectivity index (χ0v) is 19.8. The average Bonchev–Trinajstić information content (AvgIpc) is 2.94. The lowest BCUT2D eigenvalue weighted by Crippen LogP contribution is -2.49. The van der Waals surface area contributed by atoms with Crippen molar-refractivity contribution >= 4 is 10.0 Å². The number of pyridine rings is 1. The number of sulfonamides is 1. The smallest absolute Gasteiger partial charge is 0.416 e. The summed E-state index contributed by atoms with van der Waals surface area (Å²) in [5.74, 6) is 0.127. The highest BCUT2D eigenvalue weighted by Crippen LogP contribution is 2.41. The zero-order valence-electron chi connectivity index (χ0n) is 19.0.